The Hall–Kier alpha value is -3.73. The molecule has 0 radical (unpaired) electrons. The third kappa shape index (κ3) is 5.11. The number of aryl methyl sites for hydroxylation is 5. The van der Waals surface area contributed by atoms with Gasteiger partial charge in [-0.15, -0.1) is 0 Å². The number of hydrogen-bond donors (Lipinski definition) is 2. The average Bonchev–Trinajstić information content (AvgIpc) is 2.76. The Morgan fingerprint density at radius 2 is 1.34 bits per heavy atom. The van der Waals surface area contributed by atoms with Crippen molar-refractivity contribution in [1.82, 2.24) is 5.32 Å². The number of ketones is 1. The van der Waals surface area contributed by atoms with E-state index < -0.39 is 5.91 Å². The van der Waals surface area contributed by atoms with Crippen molar-refractivity contribution in [3.05, 3.63) is 99.1 Å². The van der Waals surface area contributed by atoms with Gasteiger partial charge in [0.25, 0.3) is 5.91 Å². The van der Waals surface area contributed by atoms with Gasteiger partial charge in [0.1, 0.15) is 0 Å². The van der Waals surface area contributed by atoms with Gasteiger partial charge in [0, 0.05) is 16.8 Å². The van der Waals surface area contributed by atoms with Crippen LogP contribution in [-0.2, 0) is 4.79 Å². The third-order valence-corrected chi connectivity index (χ3v) is 5.54. The Bertz CT molecular complexity index is 1190. The molecule has 0 aliphatic carbocycles. The first-order valence-corrected chi connectivity index (χ1v) is 10.5. The summed E-state index contributed by atoms with van der Waals surface area (Å²) in [7, 11) is 0. The molecule has 5 nitrogen and oxygen atoms in total. The minimum absolute atomic E-state index is 0.197. The minimum atomic E-state index is -0.467. The molecule has 0 saturated carbocycles. The fourth-order valence-corrected chi connectivity index (χ4v) is 3.73. The first-order valence-electron chi connectivity index (χ1n) is 10.5. The SMILES string of the molecule is Cc1cc(C)c(NC(=O)CNC(=O)c2ccccc2C(=O)c2ccc(C)c(C)c2)c(C)c1. The molecule has 0 saturated heterocycles. The molecular formula is C27H28N2O3. The molecule has 0 bridgehead atoms. The number of hydrogen-bond acceptors (Lipinski definition) is 3. The van der Waals surface area contributed by atoms with E-state index in [1.165, 1.54) is 0 Å². The highest BCUT2D eigenvalue weighted by atomic mass is 16.2. The van der Waals surface area contributed by atoms with E-state index in [2.05, 4.69) is 10.6 Å². The minimum Gasteiger partial charge on any atom is -0.343 e. The Morgan fingerprint density at radius 3 is 1.97 bits per heavy atom. The number of benzene rings is 3. The van der Waals surface area contributed by atoms with E-state index in [4.69, 9.17) is 0 Å². The predicted octanol–water partition coefficient (Wildman–Crippen LogP) is 4.83. The van der Waals surface area contributed by atoms with Crippen molar-refractivity contribution in [2.75, 3.05) is 11.9 Å². The van der Waals surface area contributed by atoms with E-state index >= 15 is 0 Å². The van der Waals surface area contributed by atoms with Gasteiger partial charge in [0.15, 0.2) is 5.78 Å². The second kappa shape index (κ2) is 9.60. The lowest BCUT2D eigenvalue weighted by Gasteiger charge is -2.14. The van der Waals surface area contributed by atoms with Gasteiger partial charge in [-0.05, 0) is 69.0 Å². The molecule has 3 aromatic rings. The molecule has 3 aromatic carbocycles. The molecule has 0 fully saturated rings. The van der Waals surface area contributed by atoms with Gasteiger partial charge in [0.2, 0.25) is 5.91 Å². The highest BCUT2D eigenvalue weighted by Gasteiger charge is 2.19. The number of carbonyl (C=O) groups is 3. The maximum atomic E-state index is 13.1. The highest BCUT2D eigenvalue weighted by molar-refractivity contribution is 6.15. The lowest BCUT2D eigenvalue weighted by atomic mass is 9.95. The van der Waals surface area contributed by atoms with Crippen molar-refractivity contribution in [3.8, 4) is 0 Å². The van der Waals surface area contributed by atoms with Gasteiger partial charge in [-0.2, -0.15) is 0 Å². The van der Waals surface area contributed by atoms with Gasteiger partial charge in [-0.3, -0.25) is 14.4 Å². The number of rotatable bonds is 6. The van der Waals surface area contributed by atoms with Gasteiger partial charge in [0.05, 0.1) is 12.1 Å². The van der Waals surface area contributed by atoms with Crippen LogP contribution in [0, 0.1) is 34.6 Å². The molecule has 0 atom stereocenters. The van der Waals surface area contributed by atoms with Crippen LogP contribution in [0.2, 0.25) is 0 Å². The molecule has 32 heavy (non-hydrogen) atoms. The predicted molar refractivity (Wildman–Crippen MR) is 127 cm³/mol. The quantitative estimate of drug-likeness (QED) is 0.552. The van der Waals surface area contributed by atoms with Crippen LogP contribution in [0.3, 0.4) is 0 Å². The molecule has 164 valence electrons. The Balaban J connectivity index is 1.73. The van der Waals surface area contributed by atoms with Crippen LogP contribution in [0.5, 0.6) is 0 Å². The number of carbonyl (C=O) groups excluding carboxylic acids is 3. The Kier molecular flexibility index (Phi) is 6.89. The topological polar surface area (TPSA) is 75.3 Å². The van der Waals surface area contributed by atoms with Crippen molar-refractivity contribution < 1.29 is 14.4 Å². The molecule has 3 rings (SSSR count). The zero-order chi connectivity index (χ0) is 23.4. The van der Waals surface area contributed by atoms with Gasteiger partial charge in [-0.1, -0.05) is 48.0 Å². The van der Waals surface area contributed by atoms with E-state index in [0.717, 1.165) is 33.5 Å². The second-order valence-corrected chi connectivity index (χ2v) is 8.18. The summed E-state index contributed by atoms with van der Waals surface area (Å²) in [5.74, 6) is -1.02. The second-order valence-electron chi connectivity index (χ2n) is 8.18. The molecule has 0 aliphatic heterocycles. The zero-order valence-corrected chi connectivity index (χ0v) is 19.1. The molecule has 0 aliphatic rings. The van der Waals surface area contributed by atoms with Crippen molar-refractivity contribution in [1.29, 1.82) is 0 Å². The lowest BCUT2D eigenvalue weighted by Crippen LogP contribution is -2.34. The molecule has 2 amide bonds. The van der Waals surface area contributed by atoms with E-state index in [9.17, 15) is 14.4 Å². The summed E-state index contributed by atoms with van der Waals surface area (Å²) in [4.78, 5) is 38.3. The van der Waals surface area contributed by atoms with Crippen LogP contribution in [0.25, 0.3) is 0 Å². The Morgan fingerprint density at radius 1 is 0.719 bits per heavy atom. The monoisotopic (exact) mass is 428 g/mol. The standard InChI is InChI=1S/C27H28N2O3/c1-16-12-19(4)25(20(5)13-16)29-24(30)15-28-27(32)23-9-7-6-8-22(23)26(31)21-11-10-17(2)18(3)14-21/h6-14H,15H2,1-5H3,(H,28,32)(H,29,30). The van der Waals surface area contributed by atoms with Gasteiger partial charge >= 0.3 is 0 Å². The van der Waals surface area contributed by atoms with Crippen LogP contribution in [0.1, 0.15) is 54.1 Å². The lowest BCUT2D eigenvalue weighted by molar-refractivity contribution is -0.115. The van der Waals surface area contributed by atoms with Crippen LogP contribution in [-0.4, -0.2) is 24.1 Å². The van der Waals surface area contributed by atoms with Crippen LogP contribution < -0.4 is 10.6 Å². The largest absolute Gasteiger partial charge is 0.343 e. The zero-order valence-electron chi connectivity index (χ0n) is 19.1. The van der Waals surface area contributed by atoms with Crippen molar-refractivity contribution >= 4 is 23.3 Å². The first kappa shape index (κ1) is 22.9. The van der Waals surface area contributed by atoms with E-state index in [-0.39, 0.29) is 23.8 Å². The molecular weight excluding hydrogens is 400 g/mol. The molecule has 0 heterocycles. The molecule has 5 heteroatoms. The summed E-state index contributed by atoms with van der Waals surface area (Å²) in [6, 6.07) is 16.1. The first-order chi connectivity index (χ1) is 15.2. The smallest absolute Gasteiger partial charge is 0.252 e. The van der Waals surface area contributed by atoms with Gasteiger partial charge < -0.3 is 10.6 Å². The van der Waals surface area contributed by atoms with Crippen LogP contribution in [0.15, 0.2) is 54.6 Å². The fourth-order valence-electron chi connectivity index (χ4n) is 3.73. The average molecular weight is 429 g/mol. The summed E-state index contributed by atoms with van der Waals surface area (Å²) in [6.45, 7) is 9.60. The number of anilines is 1. The van der Waals surface area contributed by atoms with Crippen LogP contribution >= 0.6 is 0 Å². The molecule has 0 unspecified atom stereocenters. The summed E-state index contributed by atoms with van der Waals surface area (Å²) in [5.41, 5.74) is 6.98. The van der Waals surface area contributed by atoms with Gasteiger partial charge in [-0.25, -0.2) is 0 Å². The normalized spacial score (nSPS) is 10.5. The number of amides is 2. The maximum absolute atomic E-state index is 13.1. The summed E-state index contributed by atoms with van der Waals surface area (Å²) in [6.07, 6.45) is 0. The number of nitrogens with one attached hydrogen (secondary N) is 2. The maximum Gasteiger partial charge on any atom is 0.252 e. The van der Waals surface area contributed by atoms with E-state index in [0.29, 0.717) is 11.1 Å². The van der Waals surface area contributed by atoms with Crippen molar-refractivity contribution in [3.63, 3.8) is 0 Å². The molecule has 0 spiro atoms. The molecule has 2 N–H and O–H groups in total. The third-order valence-electron chi connectivity index (χ3n) is 5.54. The van der Waals surface area contributed by atoms with Crippen molar-refractivity contribution in [2.24, 2.45) is 0 Å². The van der Waals surface area contributed by atoms with Crippen LogP contribution in [0.4, 0.5) is 5.69 Å². The summed E-state index contributed by atoms with van der Waals surface area (Å²) in [5, 5.41) is 5.50. The van der Waals surface area contributed by atoms with E-state index in [1.807, 2.05) is 58.9 Å². The Labute approximate surface area is 188 Å². The summed E-state index contributed by atoms with van der Waals surface area (Å²) < 4.78 is 0. The highest BCUT2D eigenvalue weighted by Crippen LogP contribution is 2.22. The molecule has 0 aromatic heterocycles. The van der Waals surface area contributed by atoms with Crippen molar-refractivity contribution in [2.45, 2.75) is 34.6 Å². The fraction of sp³-hybridized carbons (Fsp3) is 0.222. The summed E-state index contributed by atoms with van der Waals surface area (Å²) >= 11 is 0. The van der Waals surface area contributed by atoms with E-state index in [1.54, 1.807) is 30.3 Å².